The zero-order valence-electron chi connectivity index (χ0n) is 31.7. The van der Waals surface area contributed by atoms with Gasteiger partial charge in [-0.2, -0.15) is 0 Å². The number of aromatic nitrogens is 2. The van der Waals surface area contributed by atoms with E-state index in [0.29, 0.717) is 54.5 Å². The molecule has 1 N–H and O–H groups in total. The molecule has 1 aromatic carbocycles. The third kappa shape index (κ3) is 11.0. The summed E-state index contributed by atoms with van der Waals surface area (Å²) in [5.41, 5.74) is 2.54. The molecule has 53 heavy (non-hydrogen) atoms. The van der Waals surface area contributed by atoms with Crippen molar-refractivity contribution in [3.63, 3.8) is 0 Å². The predicted molar refractivity (Wildman–Crippen MR) is 206 cm³/mol. The molecule has 4 heterocycles. The molecule has 2 fully saturated rings. The van der Waals surface area contributed by atoms with Gasteiger partial charge in [-0.3, -0.25) is 14.6 Å². The fourth-order valence-corrected chi connectivity index (χ4v) is 6.65. The number of carbonyl (C=O) groups excluding carboxylic acids is 2. The Balaban J connectivity index is 0.994. The average molecular weight is 730 g/mol. The average Bonchev–Trinajstić information content (AvgIpc) is 3.12. The lowest BCUT2D eigenvalue weighted by Crippen LogP contribution is -2.54. The van der Waals surface area contributed by atoms with Gasteiger partial charge < -0.3 is 24.6 Å². The number of nitrogens with one attached hydrogen (secondary N) is 1. The molecule has 0 saturated carbocycles. The molecule has 5 rings (SSSR count). The Morgan fingerprint density at radius 1 is 1.04 bits per heavy atom. The van der Waals surface area contributed by atoms with Gasteiger partial charge in [-0.25, -0.2) is 13.8 Å². The molecule has 0 radical (unpaired) electrons. The number of piperidine rings is 1. The van der Waals surface area contributed by atoms with Crippen molar-refractivity contribution in [2.45, 2.75) is 85.4 Å². The summed E-state index contributed by atoms with van der Waals surface area (Å²) in [5, 5.41) is 3.05. The maximum absolute atomic E-state index is 15.1. The van der Waals surface area contributed by atoms with E-state index in [1.54, 1.807) is 55.6 Å². The lowest BCUT2D eigenvalue weighted by molar-refractivity contribution is -0.0529. The quantitative estimate of drug-likeness (QED) is 0.0785. The number of allylic oxidation sites excluding steroid dienone is 2. The minimum atomic E-state index is -0.515. The van der Waals surface area contributed by atoms with Gasteiger partial charge in [-0.1, -0.05) is 32.9 Å². The molecule has 0 spiro atoms. The van der Waals surface area contributed by atoms with Gasteiger partial charge >= 0.3 is 0 Å². The van der Waals surface area contributed by atoms with Crippen LogP contribution in [-0.4, -0.2) is 78.0 Å². The zero-order valence-corrected chi connectivity index (χ0v) is 31.7. The Labute approximate surface area is 312 Å². The van der Waals surface area contributed by atoms with Crippen LogP contribution in [0.15, 0.2) is 66.6 Å². The van der Waals surface area contributed by atoms with E-state index in [-0.39, 0.29) is 41.1 Å². The third-order valence-corrected chi connectivity index (χ3v) is 9.70. The van der Waals surface area contributed by atoms with E-state index in [0.717, 1.165) is 57.3 Å². The first-order chi connectivity index (χ1) is 25.5. The highest BCUT2D eigenvalue weighted by Crippen LogP contribution is 2.29. The van der Waals surface area contributed by atoms with Gasteiger partial charge in [0.15, 0.2) is 23.2 Å². The largest absolute Gasteiger partial charge is 0.494 e. The van der Waals surface area contributed by atoms with Crippen molar-refractivity contribution in [3.8, 4) is 5.75 Å². The summed E-state index contributed by atoms with van der Waals surface area (Å²) in [4.78, 5) is 37.6. The highest BCUT2D eigenvalue weighted by atomic mass is 19.1. The Bertz CT molecular complexity index is 1780. The molecule has 2 aliphatic heterocycles. The van der Waals surface area contributed by atoms with E-state index in [2.05, 4.69) is 25.1 Å². The van der Waals surface area contributed by atoms with Crippen molar-refractivity contribution >= 4 is 28.9 Å². The summed E-state index contributed by atoms with van der Waals surface area (Å²) in [7, 11) is 0. The molecule has 11 heteroatoms. The minimum absolute atomic E-state index is 0.0359. The number of benzene rings is 1. The van der Waals surface area contributed by atoms with E-state index in [9.17, 15) is 14.0 Å². The van der Waals surface area contributed by atoms with Gasteiger partial charge in [-0.05, 0) is 94.8 Å². The molecule has 0 atom stereocenters. The van der Waals surface area contributed by atoms with Crippen LogP contribution < -0.4 is 15.0 Å². The molecule has 0 amide bonds. The maximum Gasteiger partial charge on any atom is 0.166 e. The molecule has 2 aliphatic rings. The van der Waals surface area contributed by atoms with E-state index < -0.39 is 11.6 Å². The van der Waals surface area contributed by atoms with Gasteiger partial charge in [0.25, 0.3) is 0 Å². The molecule has 3 aromatic rings. The van der Waals surface area contributed by atoms with Crippen LogP contribution in [0, 0.1) is 18.7 Å². The number of aryl methyl sites for hydroxylation is 1. The van der Waals surface area contributed by atoms with E-state index >= 15 is 4.39 Å². The normalized spacial score (nSPS) is 16.2. The smallest absolute Gasteiger partial charge is 0.166 e. The maximum atomic E-state index is 15.1. The predicted octanol–water partition coefficient (Wildman–Crippen LogP) is 8.60. The van der Waals surface area contributed by atoms with Crippen LogP contribution in [0.25, 0.3) is 5.83 Å². The molecule has 0 aliphatic carbocycles. The number of hydrogen-bond acceptors (Lipinski definition) is 9. The molecular formula is C42H53F2N5O4. The highest BCUT2D eigenvalue weighted by molar-refractivity contribution is 6.08. The molecule has 284 valence electrons. The number of unbranched alkanes of at least 4 members (excludes halogenated alkanes) is 2. The molecule has 9 nitrogen and oxygen atoms in total. The number of Topliss-reactive ketones (excluding diaryl/α,β-unsaturated/α-hetero) is 2. The number of likely N-dealkylation sites (tertiary alicyclic amines) is 1. The Morgan fingerprint density at radius 2 is 1.81 bits per heavy atom. The highest BCUT2D eigenvalue weighted by Gasteiger charge is 2.32. The fourth-order valence-electron chi connectivity index (χ4n) is 6.65. The van der Waals surface area contributed by atoms with Crippen LogP contribution in [0.3, 0.4) is 0 Å². The second-order valence-corrected chi connectivity index (χ2v) is 14.3. The van der Waals surface area contributed by atoms with Crippen molar-refractivity contribution in [1.82, 2.24) is 14.9 Å². The first-order valence-corrected chi connectivity index (χ1v) is 18.9. The summed E-state index contributed by atoms with van der Waals surface area (Å²) < 4.78 is 42.2. The summed E-state index contributed by atoms with van der Waals surface area (Å²) in [5.74, 6) is -0.0878. The molecular weight excluding hydrogens is 676 g/mol. The van der Waals surface area contributed by atoms with E-state index in [1.807, 2.05) is 20.8 Å². The van der Waals surface area contributed by atoms with Crippen molar-refractivity contribution < 1.29 is 27.8 Å². The van der Waals surface area contributed by atoms with Gasteiger partial charge in [0, 0.05) is 61.2 Å². The number of ether oxygens (including phenoxy) is 2. The summed E-state index contributed by atoms with van der Waals surface area (Å²) in [6.07, 6.45) is 11.9. The second-order valence-electron chi connectivity index (χ2n) is 14.3. The number of anilines is 2. The van der Waals surface area contributed by atoms with E-state index in [1.165, 1.54) is 19.2 Å². The number of halogens is 2. The van der Waals surface area contributed by atoms with Gasteiger partial charge in [0.05, 0.1) is 30.7 Å². The molecule has 2 saturated heterocycles. The topological polar surface area (TPSA) is 96.9 Å². The van der Waals surface area contributed by atoms with Gasteiger partial charge in [-0.15, -0.1) is 0 Å². The fraction of sp³-hybridized carbons (Fsp3) is 0.476. The first-order valence-electron chi connectivity index (χ1n) is 18.9. The van der Waals surface area contributed by atoms with Crippen LogP contribution in [0.4, 0.5) is 20.3 Å². The van der Waals surface area contributed by atoms with Crippen molar-refractivity contribution in [1.29, 1.82) is 0 Å². The molecule has 0 unspecified atom stereocenters. The first kappa shape index (κ1) is 39.7. The van der Waals surface area contributed by atoms with Crippen LogP contribution in [0.2, 0.25) is 0 Å². The number of carbonyl (C=O) groups is 2. The number of nitrogens with zero attached hydrogens (tertiary/aromatic N) is 4. The van der Waals surface area contributed by atoms with Crippen LogP contribution in [0.5, 0.6) is 5.75 Å². The number of rotatable bonds is 18. The lowest BCUT2D eigenvalue weighted by atomic mass is 9.94. The summed E-state index contributed by atoms with van der Waals surface area (Å²) in [6.45, 7) is 13.9. The Kier molecular flexibility index (Phi) is 14.3. The SMILES string of the molecule is CC/C=C(/C=C(/F)c1ncccc1C)Nc1cc(N2CC(OC3CCN(CCCCCOc4ccc(C(=O)C(C)C)c(C(C)=O)c4)CC3)C2)ncc1F. The Hall–Kier alpha value is -4.48. The van der Waals surface area contributed by atoms with Gasteiger partial charge in [0.2, 0.25) is 0 Å². The number of pyridine rings is 2. The number of hydrogen-bond donors (Lipinski definition) is 1. The van der Waals surface area contributed by atoms with E-state index in [4.69, 9.17) is 9.47 Å². The van der Waals surface area contributed by atoms with Crippen LogP contribution in [-0.2, 0) is 4.74 Å². The summed E-state index contributed by atoms with van der Waals surface area (Å²) >= 11 is 0. The number of ketones is 2. The minimum Gasteiger partial charge on any atom is -0.494 e. The van der Waals surface area contributed by atoms with Crippen molar-refractivity contribution in [2.24, 2.45) is 5.92 Å². The zero-order chi connectivity index (χ0) is 37.9. The molecule has 2 aromatic heterocycles. The van der Waals surface area contributed by atoms with Crippen molar-refractivity contribution in [2.75, 3.05) is 49.5 Å². The van der Waals surface area contributed by atoms with Gasteiger partial charge in [0.1, 0.15) is 17.3 Å². The Morgan fingerprint density at radius 3 is 2.51 bits per heavy atom. The monoisotopic (exact) mass is 729 g/mol. The standard InChI is InChI=1S/C42H53F2N5O4/c1-6-11-31(22-37(43)41-29(4)12-10-17-45-41)47-39-24-40(46-25-38(39)44)49-26-34(27-49)53-32-15-19-48(20-16-32)18-8-7-9-21-52-33-13-14-35(42(51)28(2)3)36(23-33)30(5)50/h10-14,17,22-25,28,32,34H,6-9,15-16,18-21,26-27H2,1-5H3,(H,46,47)/b31-11-,37-22+. The summed E-state index contributed by atoms with van der Waals surface area (Å²) in [6, 6.07) is 10.4. The van der Waals surface area contributed by atoms with Crippen molar-refractivity contribution in [3.05, 3.63) is 94.8 Å². The third-order valence-electron chi connectivity index (χ3n) is 9.70. The van der Waals surface area contributed by atoms with Crippen LogP contribution >= 0.6 is 0 Å². The molecule has 0 bridgehead atoms. The second kappa shape index (κ2) is 19.0. The van der Waals surface area contributed by atoms with Crippen LogP contribution in [0.1, 0.15) is 98.2 Å². The lowest BCUT2D eigenvalue weighted by Gasteiger charge is -2.43.